The first-order valence-corrected chi connectivity index (χ1v) is 8.65. The molecule has 2 N–H and O–H groups in total. The fourth-order valence-electron chi connectivity index (χ4n) is 2.30. The summed E-state index contributed by atoms with van der Waals surface area (Å²) in [5, 5.41) is 5.90. The lowest BCUT2D eigenvalue weighted by molar-refractivity contribution is -0.138. The van der Waals surface area contributed by atoms with E-state index in [9.17, 15) is 14.4 Å². The summed E-state index contributed by atoms with van der Waals surface area (Å²) >= 11 is 5.98. The van der Waals surface area contributed by atoms with Gasteiger partial charge in [-0.15, -0.1) is 0 Å². The Morgan fingerprint density at radius 3 is 2.38 bits per heavy atom. The molecule has 0 bridgehead atoms. The highest BCUT2D eigenvalue weighted by Crippen LogP contribution is 2.28. The van der Waals surface area contributed by atoms with Crippen molar-refractivity contribution in [3.05, 3.63) is 64.8 Å². The summed E-state index contributed by atoms with van der Waals surface area (Å²) in [7, 11) is 3.84. The standard InChI is InChI=1S/C20H19ClN2O6/c1-27-17-8-7-13(21)10-15(17)23-19(25)12-5-4-6-14(9-12)22-16(20(26)29-3)11-18(24)28-2/h4-11,22H,1-3H3,(H,23,25)/b16-11+. The number of halogens is 1. The maximum Gasteiger partial charge on any atom is 0.354 e. The van der Waals surface area contributed by atoms with Gasteiger partial charge < -0.3 is 24.8 Å². The Hall–Kier alpha value is -3.52. The van der Waals surface area contributed by atoms with Crippen LogP contribution in [0.3, 0.4) is 0 Å². The minimum atomic E-state index is -0.770. The van der Waals surface area contributed by atoms with Crippen LogP contribution in [0.15, 0.2) is 54.2 Å². The van der Waals surface area contributed by atoms with Crippen LogP contribution < -0.4 is 15.4 Å². The number of hydrogen-bond acceptors (Lipinski definition) is 7. The molecule has 8 nitrogen and oxygen atoms in total. The highest BCUT2D eigenvalue weighted by atomic mass is 35.5. The first kappa shape index (κ1) is 21.8. The van der Waals surface area contributed by atoms with Crippen molar-refractivity contribution in [1.82, 2.24) is 0 Å². The molecule has 0 saturated carbocycles. The summed E-state index contributed by atoms with van der Waals surface area (Å²) in [6.07, 6.45) is 0.954. The van der Waals surface area contributed by atoms with Crippen molar-refractivity contribution in [2.24, 2.45) is 0 Å². The Morgan fingerprint density at radius 2 is 1.72 bits per heavy atom. The Balaban J connectivity index is 2.25. The number of hydrogen-bond donors (Lipinski definition) is 2. The van der Waals surface area contributed by atoms with Gasteiger partial charge in [0.1, 0.15) is 11.4 Å². The maximum atomic E-state index is 12.6. The molecule has 0 aliphatic carbocycles. The lowest BCUT2D eigenvalue weighted by atomic mass is 10.1. The topological polar surface area (TPSA) is 103 Å². The van der Waals surface area contributed by atoms with Crippen molar-refractivity contribution in [2.75, 3.05) is 32.0 Å². The van der Waals surface area contributed by atoms with Gasteiger partial charge in [-0.25, -0.2) is 9.59 Å². The molecule has 2 aromatic rings. The second kappa shape index (κ2) is 10.1. The molecule has 0 fully saturated rings. The van der Waals surface area contributed by atoms with E-state index in [1.807, 2.05) is 0 Å². The highest BCUT2D eigenvalue weighted by Gasteiger charge is 2.15. The van der Waals surface area contributed by atoms with Gasteiger partial charge in [0.25, 0.3) is 5.91 Å². The molecule has 2 aromatic carbocycles. The Morgan fingerprint density at radius 1 is 0.966 bits per heavy atom. The third-order valence-electron chi connectivity index (χ3n) is 3.68. The van der Waals surface area contributed by atoms with Crippen LogP contribution in [0.1, 0.15) is 10.4 Å². The van der Waals surface area contributed by atoms with Crippen LogP contribution in [0.4, 0.5) is 11.4 Å². The predicted molar refractivity (Wildman–Crippen MR) is 108 cm³/mol. The molecule has 0 unspecified atom stereocenters. The first-order valence-electron chi connectivity index (χ1n) is 8.28. The molecular formula is C20H19ClN2O6. The third-order valence-corrected chi connectivity index (χ3v) is 3.92. The summed E-state index contributed by atoms with van der Waals surface area (Å²) in [4.78, 5) is 36.0. The van der Waals surface area contributed by atoms with Crippen LogP contribution >= 0.6 is 11.6 Å². The van der Waals surface area contributed by atoms with Gasteiger partial charge >= 0.3 is 11.9 Å². The lowest BCUT2D eigenvalue weighted by Crippen LogP contribution is -2.16. The molecule has 2 rings (SSSR count). The Bertz CT molecular complexity index is 958. The molecule has 0 saturated heterocycles. The number of rotatable bonds is 7. The third kappa shape index (κ3) is 5.98. The molecule has 0 heterocycles. The molecule has 0 aliphatic rings. The van der Waals surface area contributed by atoms with Gasteiger partial charge in [-0.05, 0) is 36.4 Å². The van der Waals surface area contributed by atoms with E-state index in [2.05, 4.69) is 20.1 Å². The summed E-state index contributed by atoms with van der Waals surface area (Å²) in [6.45, 7) is 0. The van der Waals surface area contributed by atoms with Gasteiger partial charge in [-0.2, -0.15) is 0 Å². The van der Waals surface area contributed by atoms with Crippen LogP contribution in [0.25, 0.3) is 0 Å². The quantitative estimate of drug-likeness (QED) is 0.525. The molecule has 0 aliphatic heterocycles. The van der Waals surface area contributed by atoms with E-state index < -0.39 is 17.8 Å². The Labute approximate surface area is 172 Å². The van der Waals surface area contributed by atoms with Gasteiger partial charge in [0.2, 0.25) is 0 Å². The number of amides is 1. The highest BCUT2D eigenvalue weighted by molar-refractivity contribution is 6.31. The van der Waals surface area contributed by atoms with E-state index in [-0.39, 0.29) is 5.70 Å². The van der Waals surface area contributed by atoms with Gasteiger partial charge in [0, 0.05) is 16.3 Å². The van der Waals surface area contributed by atoms with E-state index >= 15 is 0 Å². The monoisotopic (exact) mass is 418 g/mol. The first-order chi connectivity index (χ1) is 13.9. The smallest absolute Gasteiger partial charge is 0.354 e. The molecule has 0 spiro atoms. The molecule has 29 heavy (non-hydrogen) atoms. The number of nitrogens with one attached hydrogen (secondary N) is 2. The van der Waals surface area contributed by atoms with Gasteiger partial charge in [0.05, 0.1) is 33.1 Å². The van der Waals surface area contributed by atoms with E-state index in [1.165, 1.54) is 27.4 Å². The number of anilines is 2. The van der Waals surface area contributed by atoms with E-state index in [0.29, 0.717) is 27.7 Å². The molecule has 9 heteroatoms. The van der Waals surface area contributed by atoms with Crippen molar-refractivity contribution in [1.29, 1.82) is 0 Å². The molecular weight excluding hydrogens is 400 g/mol. The molecule has 1 amide bonds. The normalized spacial score (nSPS) is 10.7. The fraction of sp³-hybridized carbons (Fsp3) is 0.150. The lowest BCUT2D eigenvalue weighted by Gasteiger charge is -2.12. The fourth-order valence-corrected chi connectivity index (χ4v) is 2.47. The maximum absolute atomic E-state index is 12.6. The van der Waals surface area contributed by atoms with Crippen molar-refractivity contribution >= 4 is 40.8 Å². The van der Waals surface area contributed by atoms with Crippen molar-refractivity contribution in [3.8, 4) is 5.75 Å². The van der Waals surface area contributed by atoms with Crippen LogP contribution in [-0.2, 0) is 19.1 Å². The summed E-state index contributed by atoms with van der Waals surface area (Å²) in [5.74, 6) is -1.48. The number of benzene rings is 2. The molecule has 0 atom stereocenters. The summed E-state index contributed by atoms with van der Waals surface area (Å²) in [6, 6.07) is 11.2. The number of carbonyl (C=O) groups is 3. The van der Waals surface area contributed by atoms with Crippen molar-refractivity contribution < 1.29 is 28.6 Å². The van der Waals surface area contributed by atoms with Gasteiger partial charge in [-0.3, -0.25) is 4.79 Å². The zero-order valence-corrected chi connectivity index (χ0v) is 16.7. The van der Waals surface area contributed by atoms with Crippen molar-refractivity contribution in [2.45, 2.75) is 0 Å². The van der Waals surface area contributed by atoms with Crippen LogP contribution in [0, 0.1) is 0 Å². The summed E-state index contributed by atoms with van der Waals surface area (Å²) in [5.41, 5.74) is 0.938. The van der Waals surface area contributed by atoms with Gasteiger partial charge in [-0.1, -0.05) is 17.7 Å². The number of methoxy groups -OCH3 is 3. The number of ether oxygens (including phenoxy) is 3. The van der Waals surface area contributed by atoms with Crippen LogP contribution in [0.2, 0.25) is 5.02 Å². The SMILES string of the molecule is COC(=O)/C=C(/Nc1cccc(C(=O)Nc2cc(Cl)ccc2OC)c1)C(=O)OC. The number of esters is 2. The molecule has 0 radical (unpaired) electrons. The average Bonchev–Trinajstić information content (AvgIpc) is 2.72. The molecule has 0 aromatic heterocycles. The zero-order chi connectivity index (χ0) is 21.4. The van der Waals surface area contributed by atoms with Crippen molar-refractivity contribution in [3.63, 3.8) is 0 Å². The van der Waals surface area contributed by atoms with E-state index in [4.69, 9.17) is 16.3 Å². The van der Waals surface area contributed by atoms with E-state index in [0.717, 1.165) is 6.08 Å². The summed E-state index contributed by atoms with van der Waals surface area (Å²) < 4.78 is 14.4. The van der Waals surface area contributed by atoms with E-state index in [1.54, 1.807) is 36.4 Å². The average molecular weight is 419 g/mol. The second-order valence-electron chi connectivity index (χ2n) is 5.58. The zero-order valence-electron chi connectivity index (χ0n) is 15.9. The molecule has 152 valence electrons. The number of carbonyl (C=O) groups excluding carboxylic acids is 3. The van der Waals surface area contributed by atoms with Crippen LogP contribution in [-0.4, -0.2) is 39.2 Å². The second-order valence-corrected chi connectivity index (χ2v) is 6.01. The van der Waals surface area contributed by atoms with Gasteiger partial charge in [0.15, 0.2) is 0 Å². The Kier molecular flexibility index (Phi) is 7.62. The predicted octanol–water partition coefficient (Wildman–Crippen LogP) is 3.24. The van der Waals surface area contributed by atoms with Crippen LogP contribution in [0.5, 0.6) is 5.75 Å². The minimum Gasteiger partial charge on any atom is -0.495 e. The largest absolute Gasteiger partial charge is 0.495 e. The minimum absolute atomic E-state index is 0.145.